The number of carbonyl (C=O) groups is 1. The minimum Gasteiger partial charge on any atom is -0.534 e. The van der Waals surface area contributed by atoms with Crippen molar-refractivity contribution < 1.29 is 14.1 Å². The van der Waals surface area contributed by atoms with Crippen LogP contribution in [-0.2, 0) is 9.31 Å². The highest BCUT2D eigenvalue weighted by Crippen LogP contribution is 2.29. The summed E-state index contributed by atoms with van der Waals surface area (Å²) in [6.45, 7) is 12.1. The summed E-state index contributed by atoms with van der Waals surface area (Å²) in [4.78, 5) is 11.9. The molecule has 0 bridgehead atoms. The van der Waals surface area contributed by atoms with Crippen LogP contribution in [0, 0.1) is 6.92 Å². The molecule has 1 aliphatic heterocycles. The lowest BCUT2D eigenvalue weighted by molar-refractivity contribution is 0.0955. The molecular formula is C15H20BNO3. The van der Waals surface area contributed by atoms with E-state index < -0.39 is 12.7 Å². The molecule has 4 nitrogen and oxygen atoms in total. The van der Waals surface area contributed by atoms with E-state index in [1.807, 2.05) is 39.8 Å². The average Bonchev–Trinajstić information content (AvgIpc) is 2.64. The second-order valence-electron chi connectivity index (χ2n) is 5.43. The summed E-state index contributed by atoms with van der Waals surface area (Å²) in [5.74, 6) is 0.558. The first-order chi connectivity index (χ1) is 9.35. The summed E-state index contributed by atoms with van der Waals surface area (Å²) in [5.41, 5.74) is 1.97. The molecule has 0 atom stereocenters. The zero-order valence-corrected chi connectivity index (χ0v) is 12.4. The predicted octanol–water partition coefficient (Wildman–Crippen LogP) is 1.78. The van der Waals surface area contributed by atoms with Gasteiger partial charge in [-0.05, 0) is 44.8 Å². The molecule has 0 unspecified atom stereocenters. The monoisotopic (exact) mass is 273 g/mol. The van der Waals surface area contributed by atoms with Gasteiger partial charge in [-0.2, -0.15) is 0 Å². The first kappa shape index (κ1) is 14.7. The van der Waals surface area contributed by atoms with Crippen molar-refractivity contribution in [1.82, 2.24) is 5.32 Å². The SMILES string of the molecule is C=C1OB(c2ccc(C(=O)NCC)c(C)c2)OC1(C)C. The van der Waals surface area contributed by atoms with Crippen LogP contribution in [0.2, 0.25) is 0 Å². The van der Waals surface area contributed by atoms with Gasteiger partial charge in [0.2, 0.25) is 0 Å². The van der Waals surface area contributed by atoms with Crippen LogP contribution >= 0.6 is 0 Å². The normalized spacial score (nSPS) is 17.0. The van der Waals surface area contributed by atoms with Crippen LogP contribution in [0.1, 0.15) is 36.7 Å². The second kappa shape index (κ2) is 5.33. The molecule has 2 rings (SSSR count). The summed E-state index contributed by atoms with van der Waals surface area (Å²) in [7, 11) is -0.459. The topological polar surface area (TPSA) is 47.6 Å². The summed E-state index contributed by atoms with van der Waals surface area (Å²) in [6, 6.07) is 5.58. The van der Waals surface area contributed by atoms with Crippen LogP contribution in [0.15, 0.2) is 30.5 Å². The minimum atomic E-state index is -0.489. The van der Waals surface area contributed by atoms with Crippen LogP contribution in [0.25, 0.3) is 0 Å². The molecule has 1 saturated heterocycles. The first-order valence-corrected chi connectivity index (χ1v) is 6.77. The smallest absolute Gasteiger partial charge is 0.534 e. The van der Waals surface area contributed by atoms with Crippen molar-refractivity contribution in [3.63, 3.8) is 0 Å². The zero-order chi connectivity index (χ0) is 14.9. The van der Waals surface area contributed by atoms with Crippen molar-refractivity contribution in [2.45, 2.75) is 33.3 Å². The lowest BCUT2D eigenvalue weighted by Gasteiger charge is -2.15. The summed E-state index contributed by atoms with van der Waals surface area (Å²) in [5, 5.41) is 2.80. The van der Waals surface area contributed by atoms with Gasteiger partial charge in [-0.25, -0.2) is 0 Å². The highest BCUT2D eigenvalue weighted by Gasteiger charge is 2.42. The van der Waals surface area contributed by atoms with E-state index in [1.54, 1.807) is 6.07 Å². The third-order valence-electron chi connectivity index (χ3n) is 3.43. The van der Waals surface area contributed by atoms with Crippen molar-refractivity contribution in [1.29, 1.82) is 0 Å². The van der Waals surface area contributed by atoms with E-state index in [1.165, 1.54) is 0 Å². The van der Waals surface area contributed by atoms with Gasteiger partial charge < -0.3 is 14.6 Å². The molecule has 0 aromatic heterocycles. The highest BCUT2D eigenvalue weighted by atomic mass is 16.7. The van der Waals surface area contributed by atoms with E-state index in [9.17, 15) is 4.79 Å². The molecule has 5 heteroatoms. The van der Waals surface area contributed by atoms with Crippen molar-refractivity contribution in [3.8, 4) is 0 Å². The summed E-state index contributed by atoms with van der Waals surface area (Å²) < 4.78 is 11.5. The van der Waals surface area contributed by atoms with Gasteiger partial charge in [0, 0.05) is 12.1 Å². The van der Waals surface area contributed by atoms with E-state index >= 15 is 0 Å². The fourth-order valence-corrected chi connectivity index (χ4v) is 2.11. The lowest BCUT2D eigenvalue weighted by Crippen LogP contribution is -2.35. The Bertz CT molecular complexity index is 554. The van der Waals surface area contributed by atoms with E-state index in [4.69, 9.17) is 9.31 Å². The Labute approximate surface area is 120 Å². The standard InChI is InChI=1S/C15H20BNO3/c1-6-17-14(18)13-8-7-12(9-10(13)2)16-19-11(3)15(4,5)20-16/h7-9H,3,6H2,1-2,4-5H3,(H,17,18). The van der Waals surface area contributed by atoms with Gasteiger partial charge in [0.15, 0.2) is 0 Å². The Kier molecular flexibility index (Phi) is 3.90. The third-order valence-corrected chi connectivity index (χ3v) is 3.43. The molecule has 1 aromatic rings. The van der Waals surface area contributed by atoms with Gasteiger partial charge in [0.1, 0.15) is 5.60 Å². The molecule has 0 radical (unpaired) electrons. The molecule has 0 aliphatic carbocycles. The maximum atomic E-state index is 11.9. The molecule has 20 heavy (non-hydrogen) atoms. The Morgan fingerprint density at radius 2 is 2.15 bits per heavy atom. The molecule has 0 saturated carbocycles. The Balaban J connectivity index is 2.22. The molecule has 1 fully saturated rings. The quantitative estimate of drug-likeness (QED) is 0.854. The average molecular weight is 273 g/mol. The van der Waals surface area contributed by atoms with E-state index in [-0.39, 0.29) is 5.91 Å². The van der Waals surface area contributed by atoms with Crippen LogP contribution in [0.4, 0.5) is 0 Å². The van der Waals surface area contributed by atoms with Gasteiger partial charge in [0.25, 0.3) is 5.91 Å². The van der Waals surface area contributed by atoms with Crippen LogP contribution in [0.3, 0.4) is 0 Å². The molecule has 1 amide bonds. The number of rotatable bonds is 3. The van der Waals surface area contributed by atoms with Gasteiger partial charge in [-0.15, -0.1) is 0 Å². The highest BCUT2D eigenvalue weighted by molar-refractivity contribution is 6.62. The van der Waals surface area contributed by atoms with E-state index in [2.05, 4.69) is 11.9 Å². The van der Waals surface area contributed by atoms with Crippen molar-refractivity contribution >= 4 is 18.5 Å². The number of hydrogen-bond acceptors (Lipinski definition) is 3. The number of carbonyl (C=O) groups excluding carboxylic acids is 1. The molecular weight excluding hydrogens is 253 g/mol. The van der Waals surface area contributed by atoms with Crippen LogP contribution in [0.5, 0.6) is 0 Å². The minimum absolute atomic E-state index is 0.0606. The number of aryl methyl sites for hydroxylation is 1. The zero-order valence-electron chi connectivity index (χ0n) is 12.4. The predicted molar refractivity (Wildman–Crippen MR) is 80.0 cm³/mol. The van der Waals surface area contributed by atoms with Crippen LogP contribution < -0.4 is 10.8 Å². The van der Waals surface area contributed by atoms with Gasteiger partial charge in [-0.1, -0.05) is 18.7 Å². The fourth-order valence-electron chi connectivity index (χ4n) is 2.11. The Morgan fingerprint density at radius 1 is 1.45 bits per heavy atom. The summed E-state index contributed by atoms with van der Waals surface area (Å²) >= 11 is 0. The number of nitrogens with one attached hydrogen (secondary N) is 1. The number of amides is 1. The summed E-state index contributed by atoms with van der Waals surface area (Å²) in [6.07, 6.45) is 0. The Hall–Kier alpha value is -1.75. The molecule has 106 valence electrons. The van der Waals surface area contributed by atoms with E-state index in [0.29, 0.717) is 17.9 Å². The molecule has 1 heterocycles. The largest absolute Gasteiger partial charge is 0.563 e. The fraction of sp³-hybridized carbons (Fsp3) is 0.400. The number of benzene rings is 1. The van der Waals surface area contributed by atoms with Gasteiger partial charge in [-0.3, -0.25) is 4.79 Å². The van der Waals surface area contributed by atoms with Gasteiger partial charge in [0.05, 0.1) is 5.76 Å². The maximum absolute atomic E-state index is 11.9. The number of hydrogen-bond donors (Lipinski definition) is 1. The first-order valence-electron chi connectivity index (χ1n) is 6.77. The van der Waals surface area contributed by atoms with Crippen molar-refractivity contribution in [2.75, 3.05) is 6.54 Å². The molecule has 1 aliphatic rings. The van der Waals surface area contributed by atoms with Gasteiger partial charge >= 0.3 is 7.12 Å². The second-order valence-corrected chi connectivity index (χ2v) is 5.43. The molecule has 1 N–H and O–H groups in total. The molecule has 0 spiro atoms. The van der Waals surface area contributed by atoms with Crippen LogP contribution in [-0.4, -0.2) is 25.2 Å². The maximum Gasteiger partial charge on any atom is 0.563 e. The Morgan fingerprint density at radius 3 is 2.65 bits per heavy atom. The molecule has 1 aromatic carbocycles. The van der Waals surface area contributed by atoms with Crippen molar-refractivity contribution in [3.05, 3.63) is 41.7 Å². The third kappa shape index (κ3) is 2.73. The van der Waals surface area contributed by atoms with E-state index in [0.717, 1.165) is 11.0 Å². The van der Waals surface area contributed by atoms with Crippen molar-refractivity contribution in [2.24, 2.45) is 0 Å². The lowest BCUT2D eigenvalue weighted by atomic mass is 9.78.